The van der Waals surface area contributed by atoms with Crippen molar-refractivity contribution in [3.05, 3.63) is 26.0 Å². The van der Waals surface area contributed by atoms with Gasteiger partial charge >= 0.3 is 0 Å². The average Bonchev–Trinajstić information content (AvgIpc) is 2.69. The SMILES string of the molecule is [CH2]CCCC(C)CCCCCCCCC/C=C/CC(C)CCC(C)CCC[CH2]. The van der Waals surface area contributed by atoms with Gasteiger partial charge in [0.05, 0.1) is 0 Å². The van der Waals surface area contributed by atoms with Crippen LogP contribution in [0.1, 0.15) is 136 Å². The Morgan fingerprint density at radius 3 is 1.57 bits per heavy atom. The Kier molecular flexibility index (Phi) is 21.2. The van der Waals surface area contributed by atoms with Gasteiger partial charge in [-0.3, -0.25) is 0 Å². The lowest BCUT2D eigenvalue weighted by atomic mass is 9.92. The molecule has 166 valence electrons. The molecular formula is C28H54. The van der Waals surface area contributed by atoms with E-state index in [2.05, 4.69) is 46.8 Å². The first-order valence-electron chi connectivity index (χ1n) is 12.8. The summed E-state index contributed by atoms with van der Waals surface area (Å²) in [5.41, 5.74) is 0. The second kappa shape index (κ2) is 21.4. The van der Waals surface area contributed by atoms with Crippen LogP contribution in [0.4, 0.5) is 0 Å². The van der Waals surface area contributed by atoms with Gasteiger partial charge in [0, 0.05) is 0 Å². The second-order valence-electron chi connectivity index (χ2n) is 9.64. The molecule has 0 N–H and O–H groups in total. The third-order valence-corrected chi connectivity index (χ3v) is 6.32. The molecule has 0 bridgehead atoms. The summed E-state index contributed by atoms with van der Waals surface area (Å²) in [4.78, 5) is 0. The molecule has 0 aliphatic heterocycles. The lowest BCUT2D eigenvalue weighted by Gasteiger charge is -2.14. The molecule has 2 radical (unpaired) electrons. The highest BCUT2D eigenvalue weighted by atomic mass is 14.1. The molecule has 0 heterocycles. The summed E-state index contributed by atoms with van der Waals surface area (Å²) >= 11 is 0. The number of hydrogen-bond donors (Lipinski definition) is 0. The molecule has 3 unspecified atom stereocenters. The van der Waals surface area contributed by atoms with Gasteiger partial charge < -0.3 is 0 Å². The second-order valence-corrected chi connectivity index (χ2v) is 9.64. The van der Waals surface area contributed by atoms with Gasteiger partial charge in [-0.25, -0.2) is 0 Å². The van der Waals surface area contributed by atoms with Crippen molar-refractivity contribution in [3.8, 4) is 0 Å². The number of rotatable bonds is 21. The Balaban J connectivity index is 3.35. The highest BCUT2D eigenvalue weighted by Crippen LogP contribution is 2.20. The van der Waals surface area contributed by atoms with Crippen LogP contribution in [-0.2, 0) is 0 Å². The maximum atomic E-state index is 3.95. The van der Waals surface area contributed by atoms with Crippen molar-refractivity contribution < 1.29 is 0 Å². The largest absolute Gasteiger partial charge is 0.0885 e. The Morgan fingerprint density at radius 1 is 0.500 bits per heavy atom. The van der Waals surface area contributed by atoms with Crippen LogP contribution in [-0.4, -0.2) is 0 Å². The minimum absolute atomic E-state index is 0.847. The lowest BCUT2D eigenvalue weighted by molar-refractivity contribution is 0.407. The number of unbranched alkanes of at least 4 members (excludes halogenated alkanes) is 9. The van der Waals surface area contributed by atoms with Gasteiger partial charge in [-0.1, -0.05) is 143 Å². The molecule has 0 aromatic carbocycles. The summed E-state index contributed by atoms with van der Waals surface area (Å²) in [5.74, 6) is 2.65. The predicted molar refractivity (Wildman–Crippen MR) is 130 cm³/mol. The molecule has 28 heavy (non-hydrogen) atoms. The fourth-order valence-corrected chi connectivity index (χ4v) is 4.05. The van der Waals surface area contributed by atoms with Gasteiger partial charge in [0.1, 0.15) is 0 Å². The summed E-state index contributed by atoms with van der Waals surface area (Å²) in [6.45, 7) is 15.1. The van der Waals surface area contributed by atoms with Crippen molar-refractivity contribution in [1.29, 1.82) is 0 Å². The Hall–Kier alpha value is -0.260. The van der Waals surface area contributed by atoms with Crippen molar-refractivity contribution >= 4 is 0 Å². The molecule has 0 saturated heterocycles. The maximum Gasteiger partial charge on any atom is -0.0325 e. The van der Waals surface area contributed by atoms with Gasteiger partial charge in [-0.2, -0.15) is 0 Å². The lowest BCUT2D eigenvalue weighted by Crippen LogP contribution is -1.99. The van der Waals surface area contributed by atoms with Crippen molar-refractivity contribution in [2.75, 3.05) is 0 Å². The third kappa shape index (κ3) is 20.5. The van der Waals surface area contributed by atoms with Crippen LogP contribution < -0.4 is 0 Å². The molecule has 0 fully saturated rings. The quantitative estimate of drug-likeness (QED) is 0.135. The van der Waals surface area contributed by atoms with E-state index >= 15 is 0 Å². The van der Waals surface area contributed by atoms with Crippen LogP contribution >= 0.6 is 0 Å². The van der Waals surface area contributed by atoms with Gasteiger partial charge in [-0.05, 0) is 37.0 Å². The molecular weight excluding hydrogens is 336 g/mol. The maximum absolute atomic E-state index is 3.95. The molecule has 0 aromatic heterocycles. The van der Waals surface area contributed by atoms with E-state index in [9.17, 15) is 0 Å². The van der Waals surface area contributed by atoms with Gasteiger partial charge in [-0.15, -0.1) is 0 Å². The van der Waals surface area contributed by atoms with Crippen molar-refractivity contribution in [2.24, 2.45) is 17.8 Å². The van der Waals surface area contributed by atoms with Crippen molar-refractivity contribution in [3.63, 3.8) is 0 Å². The van der Waals surface area contributed by atoms with Crippen LogP contribution in [0.15, 0.2) is 12.2 Å². The first kappa shape index (κ1) is 27.7. The van der Waals surface area contributed by atoms with Crippen LogP contribution in [0.2, 0.25) is 0 Å². The smallest absolute Gasteiger partial charge is 0.0325 e. The number of allylic oxidation sites excluding steroid dienone is 2. The first-order chi connectivity index (χ1) is 13.6. The molecule has 0 saturated carbocycles. The molecule has 0 aromatic rings. The molecule has 0 aliphatic carbocycles. The van der Waals surface area contributed by atoms with Gasteiger partial charge in [0.2, 0.25) is 0 Å². The first-order valence-corrected chi connectivity index (χ1v) is 12.8. The van der Waals surface area contributed by atoms with Crippen LogP contribution in [0.25, 0.3) is 0 Å². The zero-order chi connectivity index (χ0) is 20.9. The summed E-state index contributed by atoms with van der Waals surface area (Å²) in [6.07, 6.45) is 29.2. The molecule has 0 heteroatoms. The zero-order valence-electron chi connectivity index (χ0n) is 20.0. The fraction of sp³-hybridized carbons (Fsp3) is 0.857. The summed E-state index contributed by atoms with van der Waals surface area (Å²) in [7, 11) is 0. The standard InChI is InChI=1S/C28H54/c1-6-8-20-26(3)22-18-16-14-12-10-11-13-15-17-19-23-28(5)25-24-27(4)21-9-7-2/h17,19,26-28H,1-2,6-16,18,20-25H2,3-5H3/b19-17+. The highest BCUT2D eigenvalue weighted by molar-refractivity contribution is 4.83. The zero-order valence-corrected chi connectivity index (χ0v) is 20.0. The number of hydrogen-bond acceptors (Lipinski definition) is 0. The average molecular weight is 391 g/mol. The fourth-order valence-electron chi connectivity index (χ4n) is 4.05. The minimum Gasteiger partial charge on any atom is -0.0885 e. The molecule has 0 spiro atoms. The van der Waals surface area contributed by atoms with E-state index in [1.165, 1.54) is 103 Å². The van der Waals surface area contributed by atoms with E-state index in [1.807, 2.05) is 0 Å². The van der Waals surface area contributed by atoms with Crippen molar-refractivity contribution in [1.82, 2.24) is 0 Å². The Bertz CT molecular complexity index is 316. The van der Waals surface area contributed by atoms with Crippen molar-refractivity contribution in [2.45, 2.75) is 136 Å². The molecule has 0 aliphatic rings. The molecule has 0 rings (SSSR count). The van der Waals surface area contributed by atoms with Gasteiger partial charge in [0.15, 0.2) is 0 Å². The van der Waals surface area contributed by atoms with Gasteiger partial charge in [0.25, 0.3) is 0 Å². The molecule has 0 amide bonds. The minimum atomic E-state index is 0.847. The molecule has 3 atom stereocenters. The normalized spacial score (nSPS) is 15.2. The van der Waals surface area contributed by atoms with E-state index < -0.39 is 0 Å². The van der Waals surface area contributed by atoms with Crippen LogP contribution in [0.3, 0.4) is 0 Å². The topological polar surface area (TPSA) is 0 Å². The Morgan fingerprint density at radius 2 is 0.964 bits per heavy atom. The summed E-state index contributed by atoms with van der Waals surface area (Å²) < 4.78 is 0. The highest BCUT2D eigenvalue weighted by Gasteiger charge is 2.05. The van der Waals surface area contributed by atoms with E-state index in [0.29, 0.717) is 0 Å². The third-order valence-electron chi connectivity index (χ3n) is 6.32. The summed E-state index contributed by atoms with van der Waals surface area (Å²) in [6, 6.07) is 0. The Labute approximate surface area is 180 Å². The van der Waals surface area contributed by atoms with E-state index in [0.717, 1.165) is 30.6 Å². The van der Waals surface area contributed by atoms with E-state index in [1.54, 1.807) is 0 Å². The monoisotopic (exact) mass is 390 g/mol. The van der Waals surface area contributed by atoms with E-state index in [-0.39, 0.29) is 0 Å². The van der Waals surface area contributed by atoms with Crippen LogP contribution in [0.5, 0.6) is 0 Å². The van der Waals surface area contributed by atoms with Crippen LogP contribution in [0, 0.1) is 31.6 Å². The molecule has 0 nitrogen and oxygen atoms in total. The van der Waals surface area contributed by atoms with E-state index in [4.69, 9.17) is 0 Å². The predicted octanol–water partition coefficient (Wildman–Crippen LogP) is 10.1. The summed E-state index contributed by atoms with van der Waals surface area (Å²) in [5, 5.41) is 0.